The molecule has 0 aliphatic rings. The number of hydrogen-bond donors (Lipinski definition) is 0. The Kier molecular flexibility index (Phi) is 2.51. The molecule has 0 amide bonds. The van der Waals surface area contributed by atoms with Gasteiger partial charge in [-0.1, -0.05) is 11.6 Å². The molecule has 0 bridgehead atoms. The Morgan fingerprint density at radius 3 is 2.93 bits per heavy atom. The number of aromatic nitrogens is 2. The summed E-state index contributed by atoms with van der Waals surface area (Å²) in [6.07, 6.45) is 1.53. The Balaban J connectivity index is 2.74. The molecule has 0 aliphatic carbocycles. The second-order valence-corrected chi connectivity index (χ2v) is 3.24. The largest absolute Gasteiger partial charge is 0.465 e. The molecule has 0 aliphatic heterocycles. The van der Waals surface area contributed by atoms with E-state index < -0.39 is 5.97 Å². The van der Waals surface area contributed by atoms with Crippen LogP contribution in [0, 0.1) is 0 Å². The lowest BCUT2D eigenvalue weighted by Gasteiger charge is -2.02. The van der Waals surface area contributed by atoms with Crippen LogP contribution in [-0.2, 0) is 4.74 Å². The highest BCUT2D eigenvalue weighted by Crippen LogP contribution is 2.17. The van der Waals surface area contributed by atoms with Crippen molar-refractivity contribution in [3.8, 4) is 0 Å². The van der Waals surface area contributed by atoms with Crippen LogP contribution in [0.25, 0.3) is 11.0 Å². The number of halogens is 1. The third-order valence-electron chi connectivity index (χ3n) is 1.96. The van der Waals surface area contributed by atoms with Crippen LogP contribution in [0.4, 0.5) is 0 Å². The van der Waals surface area contributed by atoms with Crippen LogP contribution < -0.4 is 0 Å². The van der Waals surface area contributed by atoms with Gasteiger partial charge in [-0.25, -0.2) is 9.78 Å². The number of ether oxygens (including phenoxy) is 1. The molecule has 2 heterocycles. The maximum atomic E-state index is 11.4. The molecule has 15 heavy (non-hydrogen) atoms. The zero-order valence-electron chi connectivity index (χ0n) is 7.90. The standard InChI is InChI=1S/C10H7ClN2O2/c1-15-10(14)6-4-5-12-7-2-3-8(11)13-9(6)7/h2-5H,1H3. The average Bonchev–Trinajstić information content (AvgIpc) is 2.27. The molecule has 2 aromatic heterocycles. The van der Waals surface area contributed by atoms with Crippen molar-refractivity contribution in [2.45, 2.75) is 0 Å². The fourth-order valence-corrected chi connectivity index (χ4v) is 1.42. The van der Waals surface area contributed by atoms with Crippen LogP contribution in [0.5, 0.6) is 0 Å². The van der Waals surface area contributed by atoms with Gasteiger partial charge in [0.25, 0.3) is 0 Å². The van der Waals surface area contributed by atoms with Crippen molar-refractivity contribution in [2.75, 3.05) is 7.11 Å². The number of carbonyl (C=O) groups excluding carboxylic acids is 1. The number of rotatable bonds is 1. The molecule has 0 N–H and O–H groups in total. The zero-order valence-corrected chi connectivity index (χ0v) is 8.65. The fourth-order valence-electron chi connectivity index (χ4n) is 1.28. The van der Waals surface area contributed by atoms with Crippen molar-refractivity contribution >= 4 is 28.6 Å². The van der Waals surface area contributed by atoms with E-state index in [1.807, 2.05) is 0 Å². The first kappa shape index (κ1) is 9.86. The minimum Gasteiger partial charge on any atom is -0.465 e. The number of nitrogens with zero attached hydrogens (tertiary/aromatic N) is 2. The third-order valence-corrected chi connectivity index (χ3v) is 2.17. The number of carbonyl (C=O) groups is 1. The van der Waals surface area contributed by atoms with Crippen molar-refractivity contribution in [1.29, 1.82) is 0 Å². The average molecular weight is 223 g/mol. The van der Waals surface area contributed by atoms with Crippen LogP contribution in [0.1, 0.15) is 10.4 Å². The number of methoxy groups -OCH3 is 1. The fraction of sp³-hybridized carbons (Fsp3) is 0.100. The van der Waals surface area contributed by atoms with Crippen molar-refractivity contribution in [3.63, 3.8) is 0 Å². The zero-order chi connectivity index (χ0) is 10.8. The van der Waals surface area contributed by atoms with Gasteiger partial charge in [0.05, 0.1) is 18.2 Å². The van der Waals surface area contributed by atoms with E-state index in [0.717, 1.165) is 0 Å². The Labute approximate surface area is 90.9 Å². The molecule has 0 atom stereocenters. The summed E-state index contributed by atoms with van der Waals surface area (Å²) in [7, 11) is 1.32. The van der Waals surface area contributed by atoms with E-state index in [9.17, 15) is 4.79 Å². The number of esters is 1. The summed E-state index contributed by atoms with van der Waals surface area (Å²) in [6.45, 7) is 0. The van der Waals surface area contributed by atoms with E-state index in [1.54, 1.807) is 18.2 Å². The monoisotopic (exact) mass is 222 g/mol. The summed E-state index contributed by atoms with van der Waals surface area (Å²) in [5, 5.41) is 0.320. The molecule has 0 saturated carbocycles. The topological polar surface area (TPSA) is 52.1 Å². The first-order valence-corrected chi connectivity index (χ1v) is 4.60. The maximum Gasteiger partial charge on any atom is 0.340 e. The predicted octanol–water partition coefficient (Wildman–Crippen LogP) is 2.07. The summed E-state index contributed by atoms with van der Waals surface area (Å²) >= 11 is 5.75. The molecule has 4 nitrogen and oxygen atoms in total. The van der Waals surface area contributed by atoms with Gasteiger partial charge in [-0.15, -0.1) is 0 Å². The minimum atomic E-state index is -0.447. The first-order chi connectivity index (χ1) is 7.22. The van der Waals surface area contributed by atoms with Gasteiger partial charge in [0.15, 0.2) is 0 Å². The summed E-state index contributed by atoms with van der Waals surface area (Å²) in [6, 6.07) is 4.88. The second-order valence-electron chi connectivity index (χ2n) is 2.85. The SMILES string of the molecule is COC(=O)c1ccnc2ccc(Cl)nc12. The second kappa shape index (κ2) is 3.82. The molecule has 2 rings (SSSR count). The summed E-state index contributed by atoms with van der Waals surface area (Å²) in [5.74, 6) is -0.447. The molecule has 0 unspecified atom stereocenters. The van der Waals surface area contributed by atoms with Crippen molar-refractivity contribution in [2.24, 2.45) is 0 Å². The van der Waals surface area contributed by atoms with Gasteiger partial charge in [0, 0.05) is 6.20 Å². The smallest absolute Gasteiger partial charge is 0.340 e. The van der Waals surface area contributed by atoms with Crippen molar-refractivity contribution < 1.29 is 9.53 Å². The van der Waals surface area contributed by atoms with Crippen molar-refractivity contribution in [1.82, 2.24) is 9.97 Å². The lowest BCUT2D eigenvalue weighted by Crippen LogP contribution is -2.03. The number of fused-ring (bicyclic) bond motifs is 1. The van der Waals surface area contributed by atoms with E-state index in [1.165, 1.54) is 13.3 Å². The molecular weight excluding hydrogens is 216 g/mol. The molecule has 0 radical (unpaired) electrons. The van der Waals surface area contributed by atoms with Gasteiger partial charge >= 0.3 is 5.97 Å². The van der Waals surface area contributed by atoms with Gasteiger partial charge in [-0.2, -0.15) is 0 Å². The van der Waals surface area contributed by atoms with Crippen LogP contribution >= 0.6 is 11.6 Å². The van der Waals surface area contributed by atoms with E-state index >= 15 is 0 Å². The van der Waals surface area contributed by atoms with Gasteiger partial charge in [-0.3, -0.25) is 4.98 Å². The van der Waals surface area contributed by atoms with Crippen LogP contribution in [0.2, 0.25) is 5.15 Å². The Morgan fingerprint density at radius 1 is 1.40 bits per heavy atom. The first-order valence-electron chi connectivity index (χ1n) is 4.22. The van der Waals surface area contributed by atoms with Crippen molar-refractivity contribution in [3.05, 3.63) is 35.1 Å². The Morgan fingerprint density at radius 2 is 2.20 bits per heavy atom. The molecular formula is C10H7ClN2O2. The summed E-state index contributed by atoms with van der Waals surface area (Å²) in [4.78, 5) is 19.5. The Hall–Kier alpha value is -1.68. The maximum absolute atomic E-state index is 11.4. The predicted molar refractivity (Wildman–Crippen MR) is 55.9 cm³/mol. The lowest BCUT2D eigenvalue weighted by atomic mass is 10.2. The van der Waals surface area contributed by atoms with E-state index in [0.29, 0.717) is 21.7 Å². The molecule has 0 saturated heterocycles. The lowest BCUT2D eigenvalue weighted by molar-refractivity contribution is 0.0602. The minimum absolute atomic E-state index is 0.320. The summed E-state index contributed by atoms with van der Waals surface area (Å²) < 4.78 is 4.63. The molecule has 0 aromatic carbocycles. The van der Waals surface area contributed by atoms with Gasteiger partial charge in [-0.05, 0) is 18.2 Å². The molecule has 2 aromatic rings. The quantitative estimate of drug-likeness (QED) is 0.548. The highest BCUT2D eigenvalue weighted by molar-refractivity contribution is 6.29. The summed E-state index contributed by atoms with van der Waals surface area (Å²) in [5.41, 5.74) is 1.43. The highest BCUT2D eigenvalue weighted by Gasteiger charge is 2.11. The van der Waals surface area contributed by atoms with Crippen LogP contribution in [-0.4, -0.2) is 23.0 Å². The van der Waals surface area contributed by atoms with Gasteiger partial charge < -0.3 is 4.74 Å². The van der Waals surface area contributed by atoms with Crippen LogP contribution in [0.3, 0.4) is 0 Å². The Bertz CT molecular complexity index is 528. The number of pyridine rings is 2. The molecule has 76 valence electrons. The normalized spacial score (nSPS) is 10.3. The number of hydrogen-bond acceptors (Lipinski definition) is 4. The van der Waals surface area contributed by atoms with E-state index in [4.69, 9.17) is 11.6 Å². The molecule has 0 spiro atoms. The molecule has 0 fully saturated rings. The van der Waals surface area contributed by atoms with Gasteiger partial charge in [0.1, 0.15) is 10.7 Å². The van der Waals surface area contributed by atoms with E-state index in [2.05, 4.69) is 14.7 Å². The van der Waals surface area contributed by atoms with E-state index in [-0.39, 0.29) is 0 Å². The highest BCUT2D eigenvalue weighted by atomic mass is 35.5. The molecule has 5 heteroatoms. The third kappa shape index (κ3) is 1.76. The van der Waals surface area contributed by atoms with Crippen LogP contribution in [0.15, 0.2) is 24.4 Å². The van der Waals surface area contributed by atoms with Gasteiger partial charge in [0.2, 0.25) is 0 Å².